The molecule has 0 aromatic heterocycles. The summed E-state index contributed by atoms with van der Waals surface area (Å²) in [5.41, 5.74) is 4.34. The highest BCUT2D eigenvalue weighted by Crippen LogP contribution is 2.25. The number of piperazine rings is 1. The van der Waals surface area contributed by atoms with Gasteiger partial charge in [0.15, 0.2) is 0 Å². The maximum absolute atomic E-state index is 12.8. The summed E-state index contributed by atoms with van der Waals surface area (Å²) in [6.45, 7) is 4.10. The quantitative estimate of drug-likeness (QED) is 0.910. The van der Waals surface area contributed by atoms with Crippen LogP contribution in [0.25, 0.3) is 0 Å². The molecule has 124 valence electrons. The van der Waals surface area contributed by atoms with Crippen LogP contribution < -0.4 is 10.2 Å². The molecule has 1 N–H and O–H groups in total. The molecular weight excluding hydrogens is 322 g/mol. The van der Waals surface area contributed by atoms with Crippen molar-refractivity contribution >= 4 is 28.9 Å². The molecule has 1 amide bonds. The van der Waals surface area contributed by atoms with Crippen molar-refractivity contribution in [2.24, 2.45) is 0 Å². The summed E-state index contributed by atoms with van der Waals surface area (Å²) in [7, 11) is 0. The number of fused-ring (bicyclic) bond motifs is 1. The molecule has 1 fully saturated rings. The van der Waals surface area contributed by atoms with E-state index in [0.29, 0.717) is 0 Å². The monoisotopic (exact) mass is 341 g/mol. The fourth-order valence-electron chi connectivity index (χ4n) is 3.46. The summed E-state index contributed by atoms with van der Waals surface area (Å²) in [4.78, 5) is 17.0. The Labute approximate surface area is 147 Å². The van der Waals surface area contributed by atoms with E-state index >= 15 is 0 Å². The summed E-state index contributed by atoms with van der Waals surface area (Å²) < 4.78 is 0. The molecule has 24 heavy (non-hydrogen) atoms. The summed E-state index contributed by atoms with van der Waals surface area (Å²) in [6.07, 6.45) is 0.999. The molecule has 2 aromatic carbocycles. The average molecular weight is 342 g/mol. The number of benzene rings is 2. The van der Waals surface area contributed by atoms with Gasteiger partial charge in [-0.15, -0.1) is 0 Å². The van der Waals surface area contributed by atoms with Crippen LogP contribution in [0, 0.1) is 0 Å². The van der Waals surface area contributed by atoms with Crippen molar-refractivity contribution in [1.29, 1.82) is 0 Å². The van der Waals surface area contributed by atoms with E-state index < -0.39 is 0 Å². The highest BCUT2D eigenvalue weighted by atomic mass is 35.5. The first-order valence-electron chi connectivity index (χ1n) is 8.37. The van der Waals surface area contributed by atoms with Crippen LogP contribution in [0.15, 0.2) is 42.5 Å². The molecule has 2 aromatic rings. The number of nitrogens with zero attached hydrogens (tertiary/aromatic N) is 2. The Hall–Kier alpha value is -2.20. The molecule has 0 bridgehead atoms. The number of halogens is 1. The Morgan fingerprint density at radius 1 is 1.04 bits per heavy atom. The molecule has 0 atom stereocenters. The minimum absolute atomic E-state index is 0.135. The van der Waals surface area contributed by atoms with Crippen LogP contribution in [0.5, 0.6) is 0 Å². The van der Waals surface area contributed by atoms with Crippen molar-refractivity contribution in [3.63, 3.8) is 0 Å². The second-order valence-electron chi connectivity index (χ2n) is 6.31. The summed E-state index contributed by atoms with van der Waals surface area (Å²) in [5.74, 6) is 0.135. The number of nitrogens with one attached hydrogen (secondary N) is 1. The van der Waals surface area contributed by atoms with E-state index in [9.17, 15) is 4.79 Å². The topological polar surface area (TPSA) is 35.6 Å². The predicted octanol–water partition coefficient (Wildman–Crippen LogP) is 3.27. The first-order chi connectivity index (χ1) is 11.7. The summed E-state index contributed by atoms with van der Waals surface area (Å²) >= 11 is 6.07. The van der Waals surface area contributed by atoms with Crippen LogP contribution in [0.2, 0.25) is 5.02 Å². The minimum atomic E-state index is 0.135. The summed E-state index contributed by atoms with van der Waals surface area (Å²) in [5, 5.41) is 4.08. The van der Waals surface area contributed by atoms with Crippen molar-refractivity contribution in [2.75, 3.05) is 42.9 Å². The molecule has 5 heteroatoms. The van der Waals surface area contributed by atoms with Crippen LogP contribution in [-0.2, 0) is 6.42 Å². The van der Waals surface area contributed by atoms with Gasteiger partial charge in [-0.05, 0) is 48.4 Å². The number of anilines is 2. The molecule has 4 rings (SSSR count). The lowest BCUT2D eigenvalue weighted by atomic mass is 10.1. The third-order valence-electron chi connectivity index (χ3n) is 4.80. The average Bonchev–Trinajstić information content (AvgIpc) is 3.09. The first-order valence-corrected chi connectivity index (χ1v) is 8.75. The Bertz CT molecular complexity index is 769. The fraction of sp³-hybridized carbons (Fsp3) is 0.316. The van der Waals surface area contributed by atoms with Gasteiger partial charge in [0, 0.05) is 54.7 Å². The van der Waals surface area contributed by atoms with Crippen LogP contribution >= 0.6 is 11.6 Å². The Morgan fingerprint density at radius 3 is 2.67 bits per heavy atom. The van der Waals surface area contributed by atoms with E-state index in [2.05, 4.69) is 16.3 Å². The highest BCUT2D eigenvalue weighted by Gasteiger charge is 2.23. The largest absolute Gasteiger partial charge is 0.384 e. The molecule has 0 unspecified atom stereocenters. The molecule has 2 aliphatic rings. The van der Waals surface area contributed by atoms with Gasteiger partial charge in [0.2, 0.25) is 0 Å². The van der Waals surface area contributed by atoms with Gasteiger partial charge in [0.05, 0.1) is 0 Å². The van der Waals surface area contributed by atoms with Gasteiger partial charge >= 0.3 is 0 Å². The summed E-state index contributed by atoms with van der Waals surface area (Å²) in [6, 6.07) is 13.9. The fourth-order valence-corrected chi connectivity index (χ4v) is 3.65. The molecule has 1 saturated heterocycles. The van der Waals surface area contributed by atoms with Crippen molar-refractivity contribution < 1.29 is 4.79 Å². The maximum atomic E-state index is 12.8. The lowest BCUT2D eigenvalue weighted by molar-refractivity contribution is 0.0746. The Kier molecular flexibility index (Phi) is 4.07. The number of amides is 1. The predicted molar refractivity (Wildman–Crippen MR) is 98.2 cm³/mol. The van der Waals surface area contributed by atoms with Crippen LogP contribution in [0.4, 0.5) is 11.4 Å². The lowest BCUT2D eigenvalue weighted by Crippen LogP contribution is -2.48. The minimum Gasteiger partial charge on any atom is -0.384 e. The van der Waals surface area contributed by atoms with E-state index in [0.717, 1.165) is 61.1 Å². The number of carbonyl (C=O) groups is 1. The van der Waals surface area contributed by atoms with Crippen molar-refractivity contribution in [1.82, 2.24) is 4.90 Å². The van der Waals surface area contributed by atoms with Crippen molar-refractivity contribution in [3.05, 3.63) is 58.6 Å². The zero-order valence-corrected chi connectivity index (χ0v) is 14.2. The van der Waals surface area contributed by atoms with Gasteiger partial charge < -0.3 is 15.1 Å². The third-order valence-corrected chi connectivity index (χ3v) is 5.04. The maximum Gasteiger partial charge on any atom is 0.253 e. The number of hydrogen-bond acceptors (Lipinski definition) is 3. The molecule has 0 saturated carbocycles. The lowest BCUT2D eigenvalue weighted by Gasteiger charge is -2.36. The SMILES string of the molecule is O=C(c1ccc2c(c1)CCN2)N1CCN(c2cccc(Cl)c2)CC1. The Balaban J connectivity index is 1.43. The van der Waals surface area contributed by atoms with E-state index in [1.54, 1.807) is 0 Å². The second kappa shape index (κ2) is 6.36. The van der Waals surface area contributed by atoms with Gasteiger partial charge in [-0.3, -0.25) is 4.79 Å². The number of rotatable bonds is 2. The van der Waals surface area contributed by atoms with Gasteiger partial charge in [-0.25, -0.2) is 0 Å². The standard InChI is InChI=1S/C19H20ClN3O/c20-16-2-1-3-17(13-16)22-8-10-23(11-9-22)19(24)15-4-5-18-14(12-15)6-7-21-18/h1-5,12-13,21H,6-11H2. The Morgan fingerprint density at radius 2 is 1.88 bits per heavy atom. The van der Waals surface area contributed by atoms with Gasteiger partial charge in [-0.1, -0.05) is 17.7 Å². The van der Waals surface area contributed by atoms with Crippen LogP contribution in [-0.4, -0.2) is 43.5 Å². The molecular formula is C19H20ClN3O. The number of carbonyl (C=O) groups excluding carboxylic acids is 1. The van der Waals surface area contributed by atoms with Crippen LogP contribution in [0.1, 0.15) is 15.9 Å². The molecule has 0 radical (unpaired) electrons. The molecule has 4 nitrogen and oxygen atoms in total. The van der Waals surface area contributed by atoms with E-state index in [-0.39, 0.29) is 5.91 Å². The molecule has 2 aliphatic heterocycles. The number of hydrogen-bond donors (Lipinski definition) is 1. The van der Waals surface area contributed by atoms with E-state index in [1.165, 1.54) is 5.56 Å². The zero-order valence-electron chi connectivity index (χ0n) is 13.5. The van der Waals surface area contributed by atoms with Crippen molar-refractivity contribution in [2.45, 2.75) is 6.42 Å². The van der Waals surface area contributed by atoms with Gasteiger partial charge in [-0.2, -0.15) is 0 Å². The smallest absolute Gasteiger partial charge is 0.253 e. The third kappa shape index (κ3) is 2.94. The molecule has 0 aliphatic carbocycles. The zero-order chi connectivity index (χ0) is 16.5. The molecule has 2 heterocycles. The highest BCUT2D eigenvalue weighted by molar-refractivity contribution is 6.30. The van der Waals surface area contributed by atoms with E-state index in [1.807, 2.05) is 41.3 Å². The van der Waals surface area contributed by atoms with Crippen LogP contribution in [0.3, 0.4) is 0 Å². The van der Waals surface area contributed by atoms with Gasteiger partial charge in [0.25, 0.3) is 5.91 Å². The normalized spacial score (nSPS) is 16.7. The first kappa shape index (κ1) is 15.3. The van der Waals surface area contributed by atoms with Crippen molar-refractivity contribution in [3.8, 4) is 0 Å². The molecule has 0 spiro atoms. The van der Waals surface area contributed by atoms with Gasteiger partial charge in [0.1, 0.15) is 0 Å². The second-order valence-corrected chi connectivity index (χ2v) is 6.74. The van der Waals surface area contributed by atoms with E-state index in [4.69, 9.17) is 11.6 Å².